The Kier molecular flexibility index (Phi) is 4.86. The minimum Gasteiger partial charge on any atom is -0.443 e. The number of rotatable bonds is 3. The van der Waals surface area contributed by atoms with Gasteiger partial charge in [-0.2, -0.15) is 0 Å². The van der Waals surface area contributed by atoms with Crippen LogP contribution in [0.15, 0.2) is 0 Å². The Labute approximate surface area is 111 Å². The Bertz CT molecular complexity index is 323. The summed E-state index contributed by atoms with van der Waals surface area (Å²) in [5.41, 5.74) is -0.502. The van der Waals surface area contributed by atoms with Crippen LogP contribution in [0.25, 0.3) is 0 Å². The molecular formula is C11H20N2O4S. The predicted molar refractivity (Wildman–Crippen MR) is 69.3 cm³/mol. The van der Waals surface area contributed by atoms with Crippen LogP contribution in [0.1, 0.15) is 27.7 Å². The van der Waals surface area contributed by atoms with E-state index in [-0.39, 0.29) is 5.41 Å². The van der Waals surface area contributed by atoms with Crippen molar-refractivity contribution in [1.82, 2.24) is 10.0 Å². The molecule has 0 atom stereocenters. The van der Waals surface area contributed by atoms with Gasteiger partial charge in [-0.15, -0.1) is 0 Å². The molecular weight excluding hydrogens is 256 g/mol. The molecule has 2 N–H and O–H groups in total. The second-order valence-electron chi connectivity index (χ2n) is 5.65. The monoisotopic (exact) mass is 276 g/mol. The van der Waals surface area contributed by atoms with Gasteiger partial charge in [-0.25, -0.2) is 14.9 Å². The maximum absolute atomic E-state index is 11.4. The van der Waals surface area contributed by atoms with Gasteiger partial charge < -0.3 is 9.47 Å². The maximum Gasteiger partial charge on any atom is 0.415 e. The topological polar surface area (TPSA) is 76.7 Å². The number of nitrogens with one attached hydrogen (secondary N) is 2. The molecule has 7 heteroatoms. The zero-order valence-electron chi connectivity index (χ0n) is 11.2. The van der Waals surface area contributed by atoms with Gasteiger partial charge in [0.15, 0.2) is 0 Å². The molecule has 6 nitrogen and oxygen atoms in total. The van der Waals surface area contributed by atoms with E-state index >= 15 is 0 Å². The van der Waals surface area contributed by atoms with Gasteiger partial charge in [0, 0.05) is 11.2 Å². The third-order valence-corrected chi connectivity index (χ3v) is 3.27. The molecule has 0 aromatic rings. The minimum atomic E-state index is -0.751. The van der Waals surface area contributed by atoms with E-state index in [9.17, 15) is 9.59 Å². The van der Waals surface area contributed by atoms with Crippen LogP contribution in [0.4, 0.5) is 9.59 Å². The molecule has 0 aliphatic carbocycles. The van der Waals surface area contributed by atoms with Crippen molar-refractivity contribution in [2.75, 3.05) is 19.0 Å². The van der Waals surface area contributed by atoms with Gasteiger partial charge in [0.2, 0.25) is 0 Å². The highest BCUT2D eigenvalue weighted by atomic mass is 32.2. The molecule has 1 saturated heterocycles. The van der Waals surface area contributed by atoms with Crippen molar-refractivity contribution in [3.8, 4) is 0 Å². The Morgan fingerprint density at radius 3 is 2.44 bits per heavy atom. The fourth-order valence-electron chi connectivity index (χ4n) is 1.23. The largest absolute Gasteiger partial charge is 0.443 e. The Morgan fingerprint density at radius 2 is 2.00 bits per heavy atom. The summed E-state index contributed by atoms with van der Waals surface area (Å²) in [6.45, 7) is 8.69. The first-order valence-electron chi connectivity index (χ1n) is 5.70. The molecule has 18 heavy (non-hydrogen) atoms. The summed E-state index contributed by atoms with van der Waals surface area (Å²) in [7, 11) is 0. The van der Waals surface area contributed by atoms with Gasteiger partial charge in [0.1, 0.15) is 5.60 Å². The van der Waals surface area contributed by atoms with E-state index < -0.39 is 17.7 Å². The molecule has 1 aliphatic rings. The van der Waals surface area contributed by atoms with Gasteiger partial charge in [0.25, 0.3) is 0 Å². The summed E-state index contributed by atoms with van der Waals surface area (Å²) >= 11 is 1.25. The van der Waals surface area contributed by atoms with Crippen LogP contribution < -0.4 is 10.0 Å². The van der Waals surface area contributed by atoms with Crippen LogP contribution in [0.5, 0.6) is 0 Å². The summed E-state index contributed by atoms with van der Waals surface area (Å²) in [5, 5.41) is 2.10. The van der Waals surface area contributed by atoms with Crippen molar-refractivity contribution in [3.63, 3.8) is 0 Å². The van der Waals surface area contributed by atoms with Crippen LogP contribution in [0.2, 0.25) is 0 Å². The Hall–Kier alpha value is -0.950. The zero-order chi connectivity index (χ0) is 13.8. The molecule has 0 aromatic carbocycles. The van der Waals surface area contributed by atoms with Crippen molar-refractivity contribution in [3.05, 3.63) is 0 Å². The number of imide groups is 1. The molecule has 3 amide bonds. The molecule has 0 unspecified atom stereocenters. The highest BCUT2D eigenvalue weighted by Crippen LogP contribution is 2.29. The Morgan fingerprint density at radius 1 is 1.39 bits per heavy atom. The normalized spacial score (nSPS) is 17.6. The second-order valence-corrected chi connectivity index (χ2v) is 6.43. The van der Waals surface area contributed by atoms with Crippen LogP contribution in [0, 0.1) is 5.41 Å². The number of ether oxygens (including phenoxy) is 2. The standard InChI is InChI=1S/C11H20N2O4S/c1-10(2,3)17-9(15)12-8(14)13-18-7-11(4)5-16-6-11/h5-7H2,1-4H3,(H2,12,13,14,15). The Balaban J connectivity index is 2.15. The SMILES string of the molecule is CC1(CSNC(=O)NC(=O)OC(C)(C)C)COC1. The van der Waals surface area contributed by atoms with E-state index in [2.05, 4.69) is 17.0 Å². The van der Waals surface area contributed by atoms with E-state index in [1.54, 1.807) is 20.8 Å². The number of carbonyl (C=O) groups is 2. The average molecular weight is 276 g/mol. The number of urea groups is 1. The van der Waals surface area contributed by atoms with Crippen LogP contribution >= 0.6 is 11.9 Å². The fraction of sp³-hybridized carbons (Fsp3) is 0.818. The lowest BCUT2D eigenvalue weighted by Crippen LogP contribution is -2.44. The molecule has 1 aliphatic heterocycles. The third kappa shape index (κ3) is 5.59. The number of alkyl carbamates (subject to hydrolysis) is 1. The summed E-state index contributed by atoms with van der Waals surface area (Å²) in [6.07, 6.45) is -0.751. The van der Waals surface area contributed by atoms with Crippen molar-refractivity contribution in [1.29, 1.82) is 0 Å². The van der Waals surface area contributed by atoms with Crippen molar-refractivity contribution in [2.45, 2.75) is 33.3 Å². The first-order chi connectivity index (χ1) is 8.20. The van der Waals surface area contributed by atoms with Gasteiger partial charge in [0.05, 0.1) is 13.2 Å². The van der Waals surface area contributed by atoms with Crippen LogP contribution in [-0.4, -0.2) is 36.7 Å². The van der Waals surface area contributed by atoms with E-state index in [4.69, 9.17) is 9.47 Å². The highest BCUT2D eigenvalue weighted by Gasteiger charge is 2.33. The molecule has 0 bridgehead atoms. The quantitative estimate of drug-likeness (QED) is 0.770. The molecule has 104 valence electrons. The average Bonchev–Trinajstić information content (AvgIpc) is 2.11. The van der Waals surface area contributed by atoms with Crippen molar-refractivity contribution >= 4 is 24.1 Å². The zero-order valence-corrected chi connectivity index (χ0v) is 12.0. The molecule has 0 radical (unpaired) electrons. The van der Waals surface area contributed by atoms with Gasteiger partial charge in [-0.3, -0.25) is 4.72 Å². The lowest BCUT2D eigenvalue weighted by atomic mass is 9.92. The molecule has 1 heterocycles. The van der Waals surface area contributed by atoms with Crippen LogP contribution in [0.3, 0.4) is 0 Å². The number of carbonyl (C=O) groups excluding carboxylic acids is 2. The summed E-state index contributed by atoms with van der Waals surface area (Å²) in [4.78, 5) is 22.6. The summed E-state index contributed by atoms with van der Waals surface area (Å²) in [5.74, 6) is 0.745. The molecule has 1 fully saturated rings. The van der Waals surface area contributed by atoms with Gasteiger partial charge >= 0.3 is 12.1 Å². The minimum absolute atomic E-state index is 0.115. The summed E-state index contributed by atoms with van der Waals surface area (Å²) < 4.78 is 12.6. The number of hydrogen-bond donors (Lipinski definition) is 2. The van der Waals surface area contributed by atoms with E-state index in [0.717, 1.165) is 5.75 Å². The highest BCUT2D eigenvalue weighted by molar-refractivity contribution is 7.97. The fourth-order valence-corrected chi connectivity index (χ4v) is 2.00. The lowest BCUT2D eigenvalue weighted by molar-refractivity contribution is -0.0861. The maximum atomic E-state index is 11.4. The molecule has 1 rings (SSSR count). The lowest BCUT2D eigenvalue weighted by Gasteiger charge is -2.37. The molecule has 0 spiro atoms. The van der Waals surface area contributed by atoms with Crippen molar-refractivity contribution < 1.29 is 19.1 Å². The van der Waals surface area contributed by atoms with Crippen LogP contribution in [-0.2, 0) is 9.47 Å². The number of amides is 3. The van der Waals surface area contributed by atoms with E-state index in [1.807, 2.05) is 0 Å². The predicted octanol–water partition coefficient (Wildman–Crippen LogP) is 1.91. The summed E-state index contributed by atoms with van der Waals surface area (Å²) in [6, 6.07) is -0.571. The second kappa shape index (κ2) is 5.79. The van der Waals surface area contributed by atoms with E-state index in [0.29, 0.717) is 13.2 Å². The van der Waals surface area contributed by atoms with Crippen molar-refractivity contribution in [2.24, 2.45) is 5.41 Å². The molecule has 0 aromatic heterocycles. The molecule has 0 saturated carbocycles. The van der Waals surface area contributed by atoms with Gasteiger partial charge in [-0.05, 0) is 32.7 Å². The smallest absolute Gasteiger partial charge is 0.415 e. The van der Waals surface area contributed by atoms with Gasteiger partial charge in [-0.1, -0.05) is 6.92 Å². The first kappa shape index (κ1) is 15.1. The number of hydrogen-bond acceptors (Lipinski definition) is 5. The third-order valence-electron chi connectivity index (χ3n) is 2.10. The van der Waals surface area contributed by atoms with E-state index in [1.165, 1.54) is 11.9 Å². The first-order valence-corrected chi connectivity index (χ1v) is 6.68.